The van der Waals surface area contributed by atoms with Crippen molar-refractivity contribution in [2.24, 2.45) is 0 Å². The number of benzene rings is 2. The SMILES string of the molecule is CCOc1ccccc1NC(=O)Cc1c(C)c2c(cc(C)c3c(C)coc32)oc1=O. The summed E-state index contributed by atoms with van der Waals surface area (Å²) in [6, 6.07) is 9.04. The molecule has 2 aromatic heterocycles. The van der Waals surface area contributed by atoms with Crippen LogP contribution in [0, 0.1) is 20.8 Å². The number of hydrogen-bond donors (Lipinski definition) is 1. The van der Waals surface area contributed by atoms with Crippen LogP contribution < -0.4 is 15.7 Å². The fraction of sp³-hybridized carbons (Fsp3) is 0.250. The summed E-state index contributed by atoms with van der Waals surface area (Å²) in [5, 5.41) is 4.55. The summed E-state index contributed by atoms with van der Waals surface area (Å²) in [6.07, 6.45) is 1.58. The largest absolute Gasteiger partial charge is 0.492 e. The smallest absolute Gasteiger partial charge is 0.340 e. The lowest BCUT2D eigenvalue weighted by atomic mass is 9.98. The van der Waals surface area contributed by atoms with Gasteiger partial charge in [0.15, 0.2) is 0 Å². The highest BCUT2D eigenvalue weighted by molar-refractivity contribution is 6.07. The van der Waals surface area contributed by atoms with Crippen LogP contribution in [-0.2, 0) is 11.2 Å². The Labute approximate surface area is 173 Å². The first-order valence-corrected chi connectivity index (χ1v) is 9.86. The number of amides is 1. The molecular formula is C24H23NO5. The normalized spacial score (nSPS) is 11.2. The van der Waals surface area contributed by atoms with Gasteiger partial charge in [0, 0.05) is 5.39 Å². The fourth-order valence-corrected chi connectivity index (χ4v) is 3.88. The Bertz CT molecular complexity index is 1330. The van der Waals surface area contributed by atoms with E-state index < -0.39 is 5.63 Å². The molecule has 2 aromatic carbocycles. The van der Waals surface area contributed by atoms with Crippen LogP contribution in [0.5, 0.6) is 5.75 Å². The summed E-state index contributed by atoms with van der Waals surface area (Å²) < 4.78 is 16.9. The number of nitrogens with one attached hydrogen (secondary N) is 1. The van der Waals surface area contributed by atoms with Gasteiger partial charge in [0.25, 0.3) is 0 Å². The van der Waals surface area contributed by atoms with Gasteiger partial charge in [-0.25, -0.2) is 4.79 Å². The van der Waals surface area contributed by atoms with Crippen molar-refractivity contribution in [3.05, 3.63) is 69.3 Å². The Morgan fingerprint density at radius 1 is 1.10 bits per heavy atom. The predicted molar refractivity (Wildman–Crippen MR) is 116 cm³/mol. The Morgan fingerprint density at radius 2 is 1.87 bits per heavy atom. The maximum Gasteiger partial charge on any atom is 0.340 e. The number of para-hydroxylation sites is 2. The summed E-state index contributed by atoms with van der Waals surface area (Å²) in [5.74, 6) is 0.259. The topological polar surface area (TPSA) is 81.7 Å². The minimum atomic E-state index is -0.518. The van der Waals surface area contributed by atoms with Gasteiger partial charge >= 0.3 is 5.63 Å². The first kappa shape index (κ1) is 19.8. The molecule has 154 valence electrons. The van der Waals surface area contributed by atoms with Crippen molar-refractivity contribution in [3.8, 4) is 5.75 Å². The van der Waals surface area contributed by atoms with Crippen LogP contribution >= 0.6 is 0 Å². The van der Waals surface area contributed by atoms with Gasteiger partial charge in [0.2, 0.25) is 5.91 Å². The van der Waals surface area contributed by atoms with Gasteiger partial charge in [0.1, 0.15) is 16.9 Å². The average molecular weight is 405 g/mol. The average Bonchev–Trinajstić information content (AvgIpc) is 3.09. The molecule has 0 spiro atoms. The highest BCUT2D eigenvalue weighted by Gasteiger charge is 2.20. The Balaban J connectivity index is 1.75. The van der Waals surface area contributed by atoms with E-state index in [1.165, 1.54) is 0 Å². The van der Waals surface area contributed by atoms with Crippen LogP contribution in [0.25, 0.3) is 21.9 Å². The van der Waals surface area contributed by atoms with Gasteiger partial charge in [-0.3, -0.25) is 4.79 Å². The molecule has 6 heteroatoms. The lowest BCUT2D eigenvalue weighted by Gasteiger charge is -2.12. The number of carbonyl (C=O) groups is 1. The van der Waals surface area contributed by atoms with Gasteiger partial charge in [0.05, 0.1) is 35.9 Å². The van der Waals surface area contributed by atoms with Crippen molar-refractivity contribution in [2.75, 3.05) is 11.9 Å². The third kappa shape index (κ3) is 3.34. The van der Waals surface area contributed by atoms with Crippen LogP contribution in [0.4, 0.5) is 5.69 Å². The molecule has 1 N–H and O–H groups in total. The van der Waals surface area contributed by atoms with E-state index in [9.17, 15) is 9.59 Å². The molecule has 0 fully saturated rings. The van der Waals surface area contributed by atoms with Crippen molar-refractivity contribution in [3.63, 3.8) is 0 Å². The summed E-state index contributed by atoms with van der Waals surface area (Å²) in [5.41, 5.74) is 4.17. The van der Waals surface area contributed by atoms with Gasteiger partial charge in [-0.15, -0.1) is 0 Å². The minimum absolute atomic E-state index is 0.111. The Hall–Kier alpha value is -3.54. The van der Waals surface area contributed by atoms with Crippen molar-refractivity contribution < 1.29 is 18.4 Å². The molecule has 0 bridgehead atoms. The molecule has 0 unspecified atom stereocenters. The number of carbonyl (C=O) groups excluding carboxylic acids is 1. The predicted octanol–water partition coefficient (Wildman–Crippen LogP) is 5.04. The molecule has 4 aromatic rings. The van der Waals surface area contributed by atoms with Crippen LogP contribution in [0.1, 0.15) is 29.2 Å². The van der Waals surface area contributed by atoms with Crippen LogP contribution in [0.3, 0.4) is 0 Å². The maximum absolute atomic E-state index is 12.7. The summed E-state index contributed by atoms with van der Waals surface area (Å²) >= 11 is 0. The standard InChI is InChI=1S/C24H23NO5/c1-5-28-18-9-7-6-8-17(18)25-20(26)11-16-15(4)22-19(30-24(16)27)10-13(2)21-14(3)12-29-23(21)22/h6-10,12H,5,11H2,1-4H3,(H,25,26). The zero-order valence-electron chi connectivity index (χ0n) is 17.4. The third-order valence-electron chi connectivity index (χ3n) is 5.27. The Morgan fingerprint density at radius 3 is 2.63 bits per heavy atom. The molecule has 0 radical (unpaired) electrons. The van der Waals surface area contributed by atoms with E-state index in [4.69, 9.17) is 13.6 Å². The monoisotopic (exact) mass is 405 g/mol. The second-order valence-electron chi connectivity index (χ2n) is 7.34. The van der Waals surface area contributed by atoms with E-state index in [2.05, 4.69) is 5.32 Å². The second-order valence-corrected chi connectivity index (χ2v) is 7.34. The van der Waals surface area contributed by atoms with Crippen molar-refractivity contribution in [1.29, 1.82) is 0 Å². The number of ether oxygens (including phenoxy) is 1. The summed E-state index contributed by atoms with van der Waals surface area (Å²) in [7, 11) is 0. The fourth-order valence-electron chi connectivity index (χ4n) is 3.88. The summed E-state index contributed by atoms with van der Waals surface area (Å²) in [6.45, 7) is 8.11. The minimum Gasteiger partial charge on any atom is -0.492 e. The van der Waals surface area contributed by atoms with E-state index >= 15 is 0 Å². The number of anilines is 1. The number of aryl methyl sites for hydroxylation is 3. The lowest BCUT2D eigenvalue weighted by molar-refractivity contribution is -0.115. The molecule has 0 atom stereocenters. The molecule has 0 saturated carbocycles. The zero-order valence-corrected chi connectivity index (χ0v) is 17.4. The molecular weight excluding hydrogens is 382 g/mol. The highest BCUT2D eigenvalue weighted by atomic mass is 16.5. The van der Waals surface area contributed by atoms with Crippen LogP contribution in [0.2, 0.25) is 0 Å². The summed E-state index contributed by atoms with van der Waals surface area (Å²) in [4.78, 5) is 25.4. The van der Waals surface area contributed by atoms with Gasteiger partial charge < -0.3 is 18.9 Å². The van der Waals surface area contributed by atoms with E-state index in [0.717, 1.165) is 21.9 Å². The molecule has 0 aliphatic rings. The number of furan rings is 1. The van der Waals surface area contributed by atoms with Crippen molar-refractivity contribution in [1.82, 2.24) is 0 Å². The molecule has 30 heavy (non-hydrogen) atoms. The molecule has 0 saturated heterocycles. The quantitative estimate of drug-likeness (QED) is 0.470. The zero-order chi connectivity index (χ0) is 21.4. The number of fused-ring (bicyclic) bond motifs is 3. The number of rotatable bonds is 5. The molecule has 1 amide bonds. The third-order valence-corrected chi connectivity index (χ3v) is 5.27. The van der Waals surface area contributed by atoms with Gasteiger partial charge in [-0.1, -0.05) is 12.1 Å². The molecule has 0 aliphatic heterocycles. The molecule has 0 aliphatic carbocycles. The highest BCUT2D eigenvalue weighted by Crippen LogP contribution is 2.34. The van der Waals surface area contributed by atoms with Crippen LogP contribution in [-0.4, -0.2) is 12.5 Å². The van der Waals surface area contributed by atoms with Crippen LogP contribution in [0.15, 0.2) is 50.2 Å². The second kappa shape index (κ2) is 7.71. The maximum atomic E-state index is 12.7. The number of hydrogen-bond acceptors (Lipinski definition) is 5. The first-order valence-electron chi connectivity index (χ1n) is 9.86. The van der Waals surface area contributed by atoms with Gasteiger partial charge in [-0.2, -0.15) is 0 Å². The van der Waals surface area contributed by atoms with E-state index in [1.54, 1.807) is 18.4 Å². The van der Waals surface area contributed by atoms with E-state index in [0.29, 0.717) is 40.3 Å². The van der Waals surface area contributed by atoms with E-state index in [-0.39, 0.29) is 12.3 Å². The molecule has 6 nitrogen and oxygen atoms in total. The van der Waals surface area contributed by atoms with Crippen molar-refractivity contribution >= 4 is 33.5 Å². The molecule has 4 rings (SSSR count). The molecule has 2 heterocycles. The first-order chi connectivity index (χ1) is 14.4. The van der Waals surface area contributed by atoms with E-state index in [1.807, 2.05) is 45.9 Å². The van der Waals surface area contributed by atoms with Crippen molar-refractivity contribution in [2.45, 2.75) is 34.1 Å². The van der Waals surface area contributed by atoms with Gasteiger partial charge in [-0.05, 0) is 62.6 Å². The lowest BCUT2D eigenvalue weighted by Crippen LogP contribution is -2.21. The Kier molecular flexibility index (Phi) is 5.08.